The second-order valence-corrected chi connectivity index (χ2v) is 8.50. The van der Waals surface area contributed by atoms with Gasteiger partial charge in [0.25, 0.3) is 5.91 Å². The van der Waals surface area contributed by atoms with Gasteiger partial charge in [0.1, 0.15) is 0 Å². The summed E-state index contributed by atoms with van der Waals surface area (Å²) in [6.45, 7) is 3.73. The molecule has 1 amide bonds. The van der Waals surface area contributed by atoms with Crippen LogP contribution in [0.25, 0.3) is 10.8 Å². The van der Waals surface area contributed by atoms with Crippen molar-refractivity contribution in [2.45, 2.75) is 31.4 Å². The van der Waals surface area contributed by atoms with Gasteiger partial charge in [0.05, 0.1) is 0 Å². The number of likely N-dealkylation sites (tertiary alicyclic amines) is 1. The van der Waals surface area contributed by atoms with Gasteiger partial charge in [-0.25, -0.2) is 0 Å². The maximum absolute atomic E-state index is 13.0. The van der Waals surface area contributed by atoms with Gasteiger partial charge in [0.2, 0.25) is 0 Å². The predicted octanol–water partition coefficient (Wildman–Crippen LogP) is 4.56. The Morgan fingerprint density at radius 1 is 0.867 bits per heavy atom. The Morgan fingerprint density at radius 3 is 2.37 bits per heavy atom. The number of hydrogen-bond donors (Lipinski definition) is 1. The first-order valence-corrected chi connectivity index (χ1v) is 11.0. The molecule has 1 unspecified atom stereocenters. The van der Waals surface area contributed by atoms with E-state index in [1.165, 1.54) is 18.4 Å². The average Bonchev–Trinajstić information content (AvgIpc) is 2.80. The largest absolute Gasteiger partial charge is 0.369 e. The zero-order valence-corrected chi connectivity index (χ0v) is 17.2. The van der Waals surface area contributed by atoms with Gasteiger partial charge in [0, 0.05) is 23.1 Å². The quantitative estimate of drug-likeness (QED) is 0.683. The monoisotopic (exact) mass is 400 g/mol. The number of hydrogen-bond acceptors (Lipinski definition) is 3. The van der Waals surface area contributed by atoms with E-state index in [0.29, 0.717) is 18.0 Å². The summed E-state index contributed by atoms with van der Waals surface area (Å²) >= 11 is 0. The second kappa shape index (κ2) is 8.21. The summed E-state index contributed by atoms with van der Waals surface area (Å²) in [7, 11) is 0. The molecule has 0 radical (unpaired) electrons. The third-order valence-corrected chi connectivity index (χ3v) is 6.73. The van der Waals surface area contributed by atoms with E-state index in [0.717, 1.165) is 42.4 Å². The number of rotatable bonds is 5. The summed E-state index contributed by atoms with van der Waals surface area (Å²) in [6.07, 6.45) is 2.38. The third-order valence-electron chi connectivity index (χ3n) is 6.73. The summed E-state index contributed by atoms with van der Waals surface area (Å²) in [5, 5.41) is 12.8. The first kappa shape index (κ1) is 19.3. The molecule has 154 valence electrons. The van der Waals surface area contributed by atoms with E-state index in [2.05, 4.69) is 35.2 Å². The van der Waals surface area contributed by atoms with Crippen molar-refractivity contribution in [3.63, 3.8) is 0 Å². The van der Waals surface area contributed by atoms with Gasteiger partial charge in [-0.3, -0.25) is 4.79 Å². The van der Waals surface area contributed by atoms with Crippen LogP contribution in [0.3, 0.4) is 0 Å². The van der Waals surface area contributed by atoms with Crippen molar-refractivity contribution in [3.05, 3.63) is 83.4 Å². The van der Waals surface area contributed by atoms with Crippen molar-refractivity contribution >= 4 is 16.7 Å². The fourth-order valence-corrected chi connectivity index (χ4v) is 5.10. The lowest BCUT2D eigenvalue weighted by Crippen LogP contribution is -2.40. The molecule has 1 saturated heterocycles. The summed E-state index contributed by atoms with van der Waals surface area (Å²) in [4.78, 5) is 17.2. The lowest BCUT2D eigenvalue weighted by atomic mass is 9.89. The van der Waals surface area contributed by atoms with Crippen LogP contribution >= 0.6 is 0 Å². The minimum atomic E-state index is -0.861. The molecule has 30 heavy (non-hydrogen) atoms. The van der Waals surface area contributed by atoms with Gasteiger partial charge < -0.3 is 14.9 Å². The van der Waals surface area contributed by atoms with E-state index >= 15 is 0 Å². The van der Waals surface area contributed by atoms with Gasteiger partial charge in [-0.2, -0.15) is 0 Å². The van der Waals surface area contributed by atoms with E-state index in [4.69, 9.17) is 0 Å². The molecular formula is C26H28N2O2. The van der Waals surface area contributed by atoms with Crippen LogP contribution in [-0.2, 0) is 0 Å². The van der Waals surface area contributed by atoms with Crippen LogP contribution in [0.4, 0.5) is 0 Å². The molecule has 1 N–H and O–H groups in total. The molecule has 0 bridgehead atoms. The number of benzene rings is 3. The molecule has 4 nitrogen and oxygen atoms in total. The van der Waals surface area contributed by atoms with Gasteiger partial charge >= 0.3 is 0 Å². The zero-order valence-electron chi connectivity index (χ0n) is 17.2. The normalized spacial score (nSPS) is 20.1. The topological polar surface area (TPSA) is 43.8 Å². The van der Waals surface area contributed by atoms with Crippen molar-refractivity contribution < 1.29 is 9.90 Å². The molecule has 2 aliphatic rings. The van der Waals surface area contributed by atoms with Gasteiger partial charge in [-0.05, 0) is 61.8 Å². The van der Waals surface area contributed by atoms with E-state index in [1.807, 2.05) is 36.4 Å². The van der Waals surface area contributed by atoms with Gasteiger partial charge in [-0.15, -0.1) is 0 Å². The van der Waals surface area contributed by atoms with Crippen molar-refractivity contribution in [1.29, 1.82) is 0 Å². The summed E-state index contributed by atoms with van der Waals surface area (Å²) in [5.41, 5.74) is 3.00. The highest BCUT2D eigenvalue weighted by atomic mass is 16.3. The molecule has 2 aliphatic heterocycles. The first-order chi connectivity index (χ1) is 14.7. The highest BCUT2D eigenvalue weighted by molar-refractivity contribution is 6.10. The van der Waals surface area contributed by atoms with Crippen LogP contribution in [0, 0.1) is 0 Å². The van der Waals surface area contributed by atoms with Crippen LogP contribution in [0.2, 0.25) is 0 Å². The fourth-order valence-electron chi connectivity index (χ4n) is 5.10. The summed E-state index contributed by atoms with van der Waals surface area (Å²) in [6, 6.07) is 22.5. The predicted molar refractivity (Wildman–Crippen MR) is 119 cm³/mol. The SMILES string of the molecule is O=C1c2cccc3cccc(c23)C(O)N1CCCN1CCC(c2ccccc2)CC1. The van der Waals surface area contributed by atoms with Crippen molar-refractivity contribution in [2.75, 3.05) is 26.2 Å². The molecule has 0 spiro atoms. The number of carbonyl (C=O) groups excluding carboxylic acids is 1. The van der Waals surface area contributed by atoms with Gasteiger partial charge in [0.15, 0.2) is 6.23 Å². The molecule has 0 aliphatic carbocycles. The highest BCUT2D eigenvalue weighted by Crippen LogP contribution is 2.35. The average molecular weight is 401 g/mol. The Hall–Kier alpha value is -2.69. The molecule has 2 heterocycles. The maximum atomic E-state index is 13.0. The molecule has 1 fully saturated rings. The molecule has 0 aromatic heterocycles. The lowest BCUT2D eigenvalue weighted by molar-refractivity contribution is 0.00319. The Balaban J connectivity index is 1.19. The molecule has 1 atom stereocenters. The first-order valence-electron chi connectivity index (χ1n) is 11.0. The number of aliphatic hydroxyl groups is 1. The highest BCUT2D eigenvalue weighted by Gasteiger charge is 2.32. The van der Waals surface area contributed by atoms with E-state index in [-0.39, 0.29) is 5.91 Å². The summed E-state index contributed by atoms with van der Waals surface area (Å²) in [5.74, 6) is 0.597. The molecule has 4 heteroatoms. The molecule has 0 saturated carbocycles. The Morgan fingerprint density at radius 2 is 1.60 bits per heavy atom. The number of amides is 1. The second-order valence-electron chi connectivity index (χ2n) is 8.50. The Labute approximate surface area is 177 Å². The molecular weight excluding hydrogens is 372 g/mol. The Kier molecular flexibility index (Phi) is 5.28. The van der Waals surface area contributed by atoms with Crippen molar-refractivity contribution in [1.82, 2.24) is 9.80 Å². The minimum Gasteiger partial charge on any atom is -0.369 e. The molecule has 5 rings (SSSR count). The molecule has 3 aromatic carbocycles. The zero-order chi connectivity index (χ0) is 20.5. The van der Waals surface area contributed by atoms with Gasteiger partial charge in [-0.1, -0.05) is 60.7 Å². The minimum absolute atomic E-state index is 0.0606. The fraction of sp³-hybridized carbons (Fsp3) is 0.346. The summed E-state index contributed by atoms with van der Waals surface area (Å²) < 4.78 is 0. The van der Waals surface area contributed by atoms with Crippen LogP contribution in [0.15, 0.2) is 66.7 Å². The Bertz CT molecular complexity index is 1040. The van der Waals surface area contributed by atoms with E-state index < -0.39 is 6.23 Å². The van der Waals surface area contributed by atoms with Crippen molar-refractivity contribution in [3.8, 4) is 0 Å². The molecule has 3 aromatic rings. The lowest BCUT2D eigenvalue weighted by Gasteiger charge is -2.35. The van der Waals surface area contributed by atoms with Crippen LogP contribution in [0.5, 0.6) is 0 Å². The number of piperidine rings is 1. The van der Waals surface area contributed by atoms with E-state index in [1.54, 1.807) is 4.90 Å². The number of aliphatic hydroxyl groups excluding tert-OH is 1. The number of nitrogens with zero attached hydrogens (tertiary/aromatic N) is 2. The maximum Gasteiger partial charge on any atom is 0.256 e. The van der Waals surface area contributed by atoms with E-state index in [9.17, 15) is 9.90 Å². The number of carbonyl (C=O) groups is 1. The van der Waals surface area contributed by atoms with Crippen LogP contribution < -0.4 is 0 Å². The third kappa shape index (κ3) is 3.51. The van der Waals surface area contributed by atoms with Crippen molar-refractivity contribution in [2.24, 2.45) is 0 Å². The van der Waals surface area contributed by atoms with Crippen LogP contribution in [-0.4, -0.2) is 47.0 Å². The van der Waals surface area contributed by atoms with Crippen LogP contribution in [0.1, 0.15) is 52.9 Å². The standard InChI is InChI=1S/C26H28N2O2/c29-25-22-11-4-9-21-10-5-12-23(24(21)22)26(30)28(25)16-6-15-27-17-13-20(14-18-27)19-7-2-1-3-8-19/h1-5,7-12,20,25,29H,6,13-18H2. The smallest absolute Gasteiger partial charge is 0.256 e.